The first-order valence-electron chi connectivity index (χ1n) is 6.19. The highest BCUT2D eigenvalue weighted by Gasteiger charge is 2.23. The summed E-state index contributed by atoms with van der Waals surface area (Å²) in [5.74, 6) is 0.974. The number of fused-ring (bicyclic) bond motifs is 2. The molecule has 4 rings (SSSR count). The molecule has 3 heterocycles. The Bertz CT molecular complexity index is 744. The van der Waals surface area contributed by atoms with Gasteiger partial charge in [-0.2, -0.15) is 0 Å². The van der Waals surface area contributed by atoms with Gasteiger partial charge >= 0.3 is 0 Å². The van der Waals surface area contributed by atoms with E-state index in [1.54, 1.807) is 6.33 Å². The number of rotatable bonds is 1. The quantitative estimate of drug-likeness (QED) is 0.645. The predicted octanol–water partition coefficient (Wildman–Crippen LogP) is 2.44. The van der Waals surface area contributed by atoms with E-state index in [4.69, 9.17) is 0 Å². The van der Waals surface area contributed by atoms with Crippen LogP contribution in [0.2, 0.25) is 0 Å². The van der Waals surface area contributed by atoms with Crippen molar-refractivity contribution in [3.05, 3.63) is 46.2 Å². The van der Waals surface area contributed by atoms with E-state index in [1.807, 2.05) is 12.1 Å². The van der Waals surface area contributed by atoms with E-state index in [9.17, 15) is 0 Å². The third-order valence-corrected chi connectivity index (χ3v) is 4.02. The molecular weight excluding hydrogens is 306 g/mol. The summed E-state index contributed by atoms with van der Waals surface area (Å²) in [5, 5.41) is 3.48. The fourth-order valence-electron chi connectivity index (χ4n) is 2.53. The van der Waals surface area contributed by atoms with Crippen molar-refractivity contribution in [3.8, 4) is 0 Å². The summed E-state index contributed by atoms with van der Waals surface area (Å²) < 4.78 is 1.06. The number of imidazole rings is 2. The van der Waals surface area contributed by atoms with Crippen LogP contribution in [0.3, 0.4) is 0 Å². The van der Waals surface area contributed by atoms with Crippen molar-refractivity contribution in [1.82, 2.24) is 25.3 Å². The zero-order chi connectivity index (χ0) is 12.8. The van der Waals surface area contributed by atoms with Crippen LogP contribution in [-0.2, 0) is 13.0 Å². The van der Waals surface area contributed by atoms with E-state index < -0.39 is 0 Å². The number of nitrogens with one attached hydrogen (secondary N) is 3. The van der Waals surface area contributed by atoms with Crippen LogP contribution >= 0.6 is 15.9 Å². The van der Waals surface area contributed by atoms with Crippen molar-refractivity contribution in [2.24, 2.45) is 0 Å². The van der Waals surface area contributed by atoms with Crippen molar-refractivity contribution in [3.63, 3.8) is 0 Å². The standard InChI is InChI=1S/C13H12BrN5/c14-7-1-2-8-10(3-7)19-13(18-8)11-4-9-12(5-15-11)17-6-16-9/h1-3,6,11,15H,4-5H2,(H,16,17)(H,18,19). The van der Waals surface area contributed by atoms with Gasteiger partial charge in [0.05, 0.1) is 34.8 Å². The number of hydrogen-bond donors (Lipinski definition) is 3. The third kappa shape index (κ3) is 1.87. The monoisotopic (exact) mass is 317 g/mol. The van der Waals surface area contributed by atoms with Gasteiger partial charge in [-0.1, -0.05) is 15.9 Å². The summed E-state index contributed by atoms with van der Waals surface area (Å²) in [5.41, 5.74) is 4.35. The molecule has 0 aliphatic carbocycles. The van der Waals surface area contributed by atoms with E-state index in [0.29, 0.717) is 0 Å². The average molecular weight is 318 g/mol. The molecule has 1 aliphatic heterocycles. The highest BCUT2D eigenvalue weighted by molar-refractivity contribution is 9.10. The first-order chi connectivity index (χ1) is 9.29. The van der Waals surface area contributed by atoms with Crippen molar-refractivity contribution >= 4 is 27.0 Å². The largest absolute Gasteiger partial charge is 0.347 e. The molecule has 0 spiro atoms. The predicted molar refractivity (Wildman–Crippen MR) is 75.7 cm³/mol. The van der Waals surface area contributed by atoms with Crippen molar-refractivity contribution in [2.75, 3.05) is 0 Å². The zero-order valence-electron chi connectivity index (χ0n) is 10.1. The Morgan fingerprint density at radius 1 is 1.32 bits per heavy atom. The van der Waals surface area contributed by atoms with Gasteiger partial charge < -0.3 is 15.3 Å². The maximum absolute atomic E-state index is 4.66. The number of benzene rings is 1. The van der Waals surface area contributed by atoms with E-state index in [1.165, 1.54) is 5.69 Å². The topological polar surface area (TPSA) is 69.4 Å². The molecule has 1 atom stereocenters. The Morgan fingerprint density at radius 3 is 3.21 bits per heavy atom. The zero-order valence-corrected chi connectivity index (χ0v) is 11.7. The second-order valence-electron chi connectivity index (χ2n) is 4.75. The first-order valence-corrected chi connectivity index (χ1v) is 6.98. The SMILES string of the molecule is Brc1ccc2nc(C3Cc4nc[nH]c4CN3)[nH]c2c1. The molecule has 0 amide bonds. The minimum absolute atomic E-state index is 0.196. The van der Waals surface area contributed by atoms with Crippen molar-refractivity contribution in [2.45, 2.75) is 19.0 Å². The molecular formula is C13H12BrN5. The lowest BCUT2D eigenvalue weighted by Crippen LogP contribution is -2.29. The Labute approximate surface area is 118 Å². The third-order valence-electron chi connectivity index (χ3n) is 3.52. The lowest BCUT2D eigenvalue weighted by atomic mass is 10.1. The molecule has 96 valence electrons. The first kappa shape index (κ1) is 11.2. The number of hydrogen-bond acceptors (Lipinski definition) is 3. The van der Waals surface area contributed by atoms with Crippen LogP contribution in [0.15, 0.2) is 29.0 Å². The summed E-state index contributed by atoms with van der Waals surface area (Å²) >= 11 is 3.48. The second kappa shape index (κ2) is 4.18. The van der Waals surface area contributed by atoms with E-state index in [2.05, 4.69) is 47.2 Å². The number of H-pyrrole nitrogens is 2. The fourth-order valence-corrected chi connectivity index (χ4v) is 2.89. The molecule has 1 unspecified atom stereocenters. The molecule has 3 aromatic rings. The number of halogens is 1. The molecule has 0 radical (unpaired) electrons. The summed E-state index contributed by atoms with van der Waals surface area (Å²) in [4.78, 5) is 15.6. The summed E-state index contributed by atoms with van der Waals surface area (Å²) in [7, 11) is 0. The van der Waals surface area contributed by atoms with Crippen LogP contribution in [0, 0.1) is 0 Å². The molecule has 19 heavy (non-hydrogen) atoms. The van der Waals surface area contributed by atoms with Crippen LogP contribution in [0.5, 0.6) is 0 Å². The number of aromatic nitrogens is 4. The minimum atomic E-state index is 0.196. The van der Waals surface area contributed by atoms with Crippen LogP contribution in [0.4, 0.5) is 0 Å². The van der Waals surface area contributed by atoms with Crippen LogP contribution in [0.25, 0.3) is 11.0 Å². The van der Waals surface area contributed by atoms with E-state index >= 15 is 0 Å². The normalized spacial score (nSPS) is 18.7. The number of nitrogens with zero attached hydrogens (tertiary/aromatic N) is 2. The Hall–Kier alpha value is -1.66. The Morgan fingerprint density at radius 2 is 2.26 bits per heavy atom. The molecule has 0 saturated carbocycles. The van der Waals surface area contributed by atoms with Gasteiger partial charge in [-0.3, -0.25) is 0 Å². The summed E-state index contributed by atoms with van der Waals surface area (Å²) in [6, 6.07) is 6.27. The highest BCUT2D eigenvalue weighted by atomic mass is 79.9. The average Bonchev–Trinajstić information content (AvgIpc) is 3.02. The van der Waals surface area contributed by atoms with Gasteiger partial charge in [-0.15, -0.1) is 0 Å². The molecule has 1 aromatic carbocycles. The van der Waals surface area contributed by atoms with E-state index in [-0.39, 0.29) is 6.04 Å². The van der Waals surface area contributed by atoms with Gasteiger partial charge in [0.25, 0.3) is 0 Å². The number of aromatic amines is 2. The fraction of sp³-hybridized carbons (Fsp3) is 0.231. The second-order valence-corrected chi connectivity index (χ2v) is 5.66. The van der Waals surface area contributed by atoms with Crippen molar-refractivity contribution < 1.29 is 0 Å². The van der Waals surface area contributed by atoms with Crippen LogP contribution in [0.1, 0.15) is 23.3 Å². The van der Waals surface area contributed by atoms with Gasteiger partial charge in [0.1, 0.15) is 5.82 Å². The van der Waals surface area contributed by atoms with Gasteiger partial charge in [-0.05, 0) is 18.2 Å². The van der Waals surface area contributed by atoms with Gasteiger partial charge in [0, 0.05) is 17.4 Å². The summed E-state index contributed by atoms with van der Waals surface area (Å²) in [6.45, 7) is 0.806. The lowest BCUT2D eigenvalue weighted by molar-refractivity contribution is 0.472. The molecule has 0 bridgehead atoms. The maximum Gasteiger partial charge on any atom is 0.124 e. The van der Waals surface area contributed by atoms with Crippen LogP contribution in [-0.4, -0.2) is 19.9 Å². The molecule has 0 fully saturated rings. The molecule has 5 nitrogen and oxygen atoms in total. The smallest absolute Gasteiger partial charge is 0.124 e. The molecule has 6 heteroatoms. The van der Waals surface area contributed by atoms with Gasteiger partial charge in [0.2, 0.25) is 0 Å². The van der Waals surface area contributed by atoms with Gasteiger partial charge in [-0.25, -0.2) is 9.97 Å². The lowest BCUT2D eigenvalue weighted by Gasteiger charge is -2.20. The maximum atomic E-state index is 4.66. The van der Waals surface area contributed by atoms with Crippen LogP contribution < -0.4 is 5.32 Å². The van der Waals surface area contributed by atoms with Crippen molar-refractivity contribution in [1.29, 1.82) is 0 Å². The molecule has 2 aromatic heterocycles. The minimum Gasteiger partial charge on any atom is -0.347 e. The summed E-state index contributed by atoms with van der Waals surface area (Å²) in [6.07, 6.45) is 2.62. The van der Waals surface area contributed by atoms with E-state index in [0.717, 1.165) is 40.0 Å². The molecule has 1 aliphatic rings. The molecule has 0 saturated heterocycles. The van der Waals surface area contributed by atoms with Gasteiger partial charge in [0.15, 0.2) is 0 Å². The Balaban J connectivity index is 1.71. The Kier molecular flexibility index (Phi) is 2.46. The molecule has 3 N–H and O–H groups in total. The highest BCUT2D eigenvalue weighted by Crippen LogP contribution is 2.25.